The molecule has 0 spiro atoms. The number of Topliss-reactive ketones (excluding diaryl/α,β-unsaturated/α-hetero) is 7. The summed E-state index contributed by atoms with van der Waals surface area (Å²) in [4.78, 5) is 123. The van der Waals surface area contributed by atoms with Gasteiger partial charge in [0.25, 0.3) is 0 Å². The van der Waals surface area contributed by atoms with Crippen LogP contribution in [0.25, 0.3) is 0 Å². The van der Waals surface area contributed by atoms with Crippen molar-refractivity contribution in [3.05, 3.63) is 48.2 Å². The maximum Gasteiger partial charge on any atom is 0.226 e. The zero-order chi connectivity index (χ0) is 93.1. The molecule has 31 nitrogen and oxygen atoms in total. The van der Waals surface area contributed by atoms with Crippen LogP contribution >= 0.6 is 0 Å². The minimum Gasteiger partial charge on any atom is -0.513 e. The molecular weight excluding hydrogens is 1610 g/mol. The Bertz CT molecular complexity index is 3110. The van der Waals surface area contributed by atoms with Crippen molar-refractivity contribution in [2.24, 2.45) is 69.9 Å². The van der Waals surface area contributed by atoms with Crippen LogP contribution in [0.2, 0.25) is 0 Å². The van der Waals surface area contributed by atoms with Crippen LogP contribution in [0.15, 0.2) is 42.7 Å². The lowest BCUT2D eigenvalue weighted by atomic mass is 9.91. The summed E-state index contributed by atoms with van der Waals surface area (Å²) in [5, 5.41) is 12.2. The summed E-state index contributed by atoms with van der Waals surface area (Å²) in [5.74, 6) is 2.02. The second-order valence-corrected chi connectivity index (χ2v) is 35.7. The topological polar surface area (TPSA) is 429 Å². The first-order valence-corrected chi connectivity index (χ1v) is 47.9. The Morgan fingerprint density at radius 1 is 0.429 bits per heavy atom. The minimum atomic E-state index is -0.614. The van der Waals surface area contributed by atoms with Crippen LogP contribution in [0.5, 0.6) is 0 Å². The molecule has 8 aliphatic rings. The molecule has 14 N–H and O–H groups in total. The van der Waals surface area contributed by atoms with Gasteiger partial charge in [0.1, 0.15) is 34.7 Å². The largest absolute Gasteiger partial charge is 0.513 e. The van der Waals surface area contributed by atoms with Gasteiger partial charge in [0.15, 0.2) is 5.78 Å². The Morgan fingerprint density at radius 2 is 0.802 bits per heavy atom. The van der Waals surface area contributed by atoms with Gasteiger partial charge in [-0.3, -0.25) is 67.7 Å². The molecule has 1 aromatic carbocycles. The van der Waals surface area contributed by atoms with Gasteiger partial charge in [0, 0.05) is 168 Å². The van der Waals surface area contributed by atoms with E-state index >= 15 is 0 Å². The van der Waals surface area contributed by atoms with Crippen molar-refractivity contribution in [2.45, 2.75) is 253 Å². The molecule has 8 fully saturated rings. The van der Waals surface area contributed by atoms with Gasteiger partial charge in [-0.15, -0.1) is 0 Å². The lowest BCUT2D eigenvalue weighted by molar-refractivity contribution is -0.141. The summed E-state index contributed by atoms with van der Waals surface area (Å²) in [6.45, 7) is 53.3. The number of benzene rings is 1. The normalized spacial score (nSPS) is 21.1. The number of ketones is 7. The number of carbonyl (C=O) groups excluding carboxylic acids is 9. The number of aliphatic hydroxyl groups is 1. The summed E-state index contributed by atoms with van der Waals surface area (Å²) in [6, 6.07) is 8.11. The third kappa shape index (κ3) is 49.8. The number of aliphatic hydroxyl groups excluding tert-OH is 1. The first-order valence-electron chi connectivity index (χ1n) is 47.9. The van der Waals surface area contributed by atoms with Gasteiger partial charge < -0.3 is 87.8 Å². The SMILES string of the molecule is C=C(O)CC(N)C(=O)CCCN1CCOCC1.CCC(C)C(N)C(=O)CC(C)C(=O)N1CCOCC1.CCC(C)C(N)C(=O)CC(C)CN1CCOCC1.CCC(C)C(N)C(=O)CCC(=O)N1CCOCC1.CCC(C)C(N)C(=O)CCC(C)N1CCOCC1.NC(Cc1ccccc1)C(=O)CCCN1CCOCC1.O=C(CCCN1CCOCC1)[C@@H]1CCCN1. The van der Waals surface area contributed by atoms with Crippen LogP contribution in [0.4, 0.5) is 0 Å². The van der Waals surface area contributed by atoms with E-state index in [1.54, 1.807) is 16.7 Å². The highest BCUT2D eigenvalue weighted by Crippen LogP contribution is 2.20. The molecule has 0 radical (unpaired) electrons. The van der Waals surface area contributed by atoms with E-state index in [4.69, 9.17) is 72.7 Å². The van der Waals surface area contributed by atoms with E-state index in [9.17, 15) is 43.2 Å². The third-order valence-electron chi connectivity index (χ3n) is 25.5. The van der Waals surface area contributed by atoms with Crippen LogP contribution in [-0.4, -0.2) is 357 Å². The van der Waals surface area contributed by atoms with Crippen LogP contribution in [0.1, 0.15) is 204 Å². The van der Waals surface area contributed by atoms with E-state index in [-0.39, 0.29) is 132 Å². The highest BCUT2D eigenvalue weighted by atomic mass is 16.5. The standard InChI is InChI=1S/C16H24N2O2.C14H26N2O3.2C14H28N2O2.C13H24N2O3.C12H22N2O3.C12H22N2O2/c17-15(13-14-5-2-1-3-6-14)16(19)7-4-8-18-9-11-20-12-10-18;1-4-10(2)13(15)12(17)9-11(3)14(18)16-5-7-19-8-6-16;1-4-12(3)14(15)13(17)9-11(2)10-16-5-7-18-8-6-16;1-4-11(2)14(15)13(17)6-5-12(3)16-7-9-18-10-8-16;1-3-10(2)13(14)11(16)4-5-12(17)15-6-8-18-9-7-15;1-10(15)9-11(13)12(16)3-2-4-14-5-7-17-8-6-14;15-12(11-3-1-5-13-11)4-2-6-14-7-9-16-10-8-14/h1-3,5-6,15H,4,7-13,17H2;10-11,13H,4-9,15H2,1-3H3;2*11-12,14H,4-10,15H2,1-3H3;10,13H,3-9,14H2,1-2H3;11,15H,1-9,13H2;11,13H,1-10H2/t;;;;;;11-/m......0/s1. The first-order chi connectivity index (χ1) is 60.3. The van der Waals surface area contributed by atoms with Gasteiger partial charge in [-0.05, 0) is 113 Å². The number of nitrogens with one attached hydrogen (secondary N) is 1. The third-order valence-corrected chi connectivity index (χ3v) is 25.5. The predicted molar refractivity (Wildman–Crippen MR) is 498 cm³/mol. The summed E-state index contributed by atoms with van der Waals surface area (Å²) in [5.41, 5.74) is 36.4. The Balaban J connectivity index is 0.000000380. The number of nitrogens with two attached hydrogens (primary N) is 6. The van der Waals surface area contributed by atoms with E-state index in [1.807, 2.05) is 65.0 Å². The van der Waals surface area contributed by atoms with Gasteiger partial charge in [-0.25, -0.2) is 0 Å². The Morgan fingerprint density at radius 3 is 1.21 bits per heavy atom. The van der Waals surface area contributed by atoms with Gasteiger partial charge in [-0.2, -0.15) is 0 Å². The molecule has 8 aliphatic heterocycles. The number of morpholine rings is 7. The van der Waals surface area contributed by atoms with Crippen molar-refractivity contribution in [2.75, 3.05) is 217 Å². The summed E-state index contributed by atoms with van der Waals surface area (Å²) in [6.07, 6.45) is 14.0. The number of hydrogen-bond acceptors (Lipinski definition) is 29. The zero-order valence-electron chi connectivity index (χ0n) is 79.7. The van der Waals surface area contributed by atoms with Gasteiger partial charge >= 0.3 is 0 Å². The fraction of sp³-hybridized carbons (Fsp3) is 0.821. The molecule has 0 aromatic heterocycles. The second-order valence-electron chi connectivity index (χ2n) is 35.7. The molecule has 8 heterocycles. The molecule has 14 atom stereocenters. The molecule has 0 bridgehead atoms. The second kappa shape index (κ2) is 68.6. The predicted octanol–water partition coefficient (Wildman–Crippen LogP) is 6.21. The van der Waals surface area contributed by atoms with Crippen molar-refractivity contribution >= 4 is 52.3 Å². The van der Waals surface area contributed by atoms with E-state index in [0.29, 0.717) is 102 Å². The molecule has 1 aromatic rings. The zero-order valence-corrected chi connectivity index (χ0v) is 79.7. The number of nitrogens with zero attached hydrogens (tertiary/aromatic N) is 7. The van der Waals surface area contributed by atoms with Crippen molar-refractivity contribution in [1.29, 1.82) is 0 Å². The molecule has 31 heteroatoms. The van der Waals surface area contributed by atoms with E-state index in [1.165, 1.54) is 0 Å². The molecular formula is C95H174N14O17. The average Bonchev–Trinajstić information content (AvgIpc) is 1.47. The maximum atomic E-state index is 12.2. The lowest BCUT2D eigenvalue weighted by Gasteiger charge is -2.32. The Kier molecular flexibility index (Phi) is 62.5. The number of ether oxygens (including phenoxy) is 7. The molecule has 126 heavy (non-hydrogen) atoms. The van der Waals surface area contributed by atoms with Gasteiger partial charge in [0.05, 0.1) is 141 Å². The smallest absolute Gasteiger partial charge is 0.226 e. The van der Waals surface area contributed by atoms with E-state index in [0.717, 1.165) is 240 Å². The molecule has 0 aliphatic carbocycles. The minimum absolute atomic E-state index is 0.00606. The summed E-state index contributed by atoms with van der Waals surface area (Å²) in [7, 11) is 0. The number of carbonyl (C=O) groups is 9. The number of rotatable bonds is 45. The monoisotopic (exact) mass is 1780 g/mol. The van der Waals surface area contributed by atoms with Crippen molar-refractivity contribution in [3.8, 4) is 0 Å². The molecule has 8 saturated heterocycles. The van der Waals surface area contributed by atoms with E-state index < -0.39 is 18.1 Å². The summed E-state index contributed by atoms with van der Waals surface area (Å²) < 4.78 is 36.9. The number of hydrogen-bond donors (Lipinski definition) is 8. The highest BCUT2D eigenvalue weighted by molar-refractivity contribution is 5.90. The first kappa shape index (κ1) is 115. The van der Waals surface area contributed by atoms with Crippen molar-refractivity contribution < 1.29 is 81.4 Å². The van der Waals surface area contributed by atoms with Gasteiger partial charge in [0.2, 0.25) is 11.8 Å². The average molecular weight is 1780 g/mol. The Labute approximate surface area is 757 Å². The van der Waals surface area contributed by atoms with Crippen molar-refractivity contribution in [1.82, 2.24) is 39.6 Å². The van der Waals surface area contributed by atoms with Crippen LogP contribution in [-0.2, 0) is 82.7 Å². The fourth-order valence-corrected chi connectivity index (χ4v) is 15.5. The molecule has 9 rings (SSSR count). The van der Waals surface area contributed by atoms with Crippen LogP contribution in [0, 0.1) is 35.5 Å². The quantitative estimate of drug-likeness (QED) is 0.0336. The van der Waals surface area contributed by atoms with Gasteiger partial charge in [-0.1, -0.05) is 132 Å². The van der Waals surface area contributed by atoms with Crippen LogP contribution < -0.4 is 39.7 Å². The Hall–Kier alpha value is -5.37. The van der Waals surface area contributed by atoms with Crippen molar-refractivity contribution in [3.63, 3.8) is 0 Å². The highest BCUT2D eigenvalue weighted by Gasteiger charge is 2.31. The lowest BCUT2D eigenvalue weighted by Crippen LogP contribution is -2.45. The van der Waals surface area contributed by atoms with Crippen LogP contribution in [0.3, 0.4) is 0 Å². The molecule has 0 saturated carbocycles. The van der Waals surface area contributed by atoms with E-state index in [2.05, 4.69) is 71.0 Å². The molecule has 13 unspecified atom stereocenters. The molecule has 726 valence electrons. The number of amides is 2. The maximum absolute atomic E-state index is 12.2. The fourth-order valence-electron chi connectivity index (χ4n) is 15.5. The summed E-state index contributed by atoms with van der Waals surface area (Å²) >= 11 is 0. The molecule has 2 amide bonds.